The Balaban J connectivity index is 4.24. The fourth-order valence-electron chi connectivity index (χ4n) is 1.32. The summed E-state index contributed by atoms with van der Waals surface area (Å²) in [6, 6.07) is 0. The lowest BCUT2D eigenvalue weighted by Gasteiger charge is -2.27. The quantitative estimate of drug-likeness (QED) is 0.495. The van der Waals surface area contributed by atoms with Crippen molar-refractivity contribution in [2.45, 2.75) is 65.1 Å². The first-order valence-corrected chi connectivity index (χ1v) is 6.41. The molecule has 0 spiro atoms. The van der Waals surface area contributed by atoms with Gasteiger partial charge in [-0.1, -0.05) is 20.4 Å². The Morgan fingerprint density at radius 2 is 2.00 bits per heavy atom. The van der Waals surface area contributed by atoms with Crippen molar-refractivity contribution in [2.24, 2.45) is 0 Å². The molecule has 18 heavy (non-hydrogen) atoms. The van der Waals surface area contributed by atoms with E-state index in [1.807, 2.05) is 27.7 Å². The lowest BCUT2D eigenvalue weighted by molar-refractivity contribution is -0.158. The van der Waals surface area contributed by atoms with Crippen LogP contribution in [-0.2, 0) is 19.1 Å². The first kappa shape index (κ1) is 16.7. The van der Waals surface area contributed by atoms with Gasteiger partial charge in [-0.25, -0.2) is 4.79 Å². The van der Waals surface area contributed by atoms with Crippen LogP contribution in [0.1, 0.15) is 53.4 Å². The highest BCUT2D eigenvalue weighted by atomic mass is 16.6. The van der Waals surface area contributed by atoms with Gasteiger partial charge in [-0.3, -0.25) is 4.79 Å². The molecule has 0 aliphatic rings. The number of carbonyl (C=O) groups is 2. The Hall–Kier alpha value is -1.32. The molecule has 0 aromatic carbocycles. The molecule has 0 rings (SSSR count). The van der Waals surface area contributed by atoms with E-state index in [-0.39, 0.29) is 18.5 Å². The monoisotopic (exact) mass is 256 g/mol. The fraction of sp³-hybridized carbons (Fsp3) is 0.714. The van der Waals surface area contributed by atoms with Gasteiger partial charge in [0.1, 0.15) is 5.60 Å². The van der Waals surface area contributed by atoms with E-state index in [1.165, 1.54) is 0 Å². The molecule has 0 saturated heterocycles. The Morgan fingerprint density at radius 1 is 1.39 bits per heavy atom. The zero-order chi connectivity index (χ0) is 14.2. The Kier molecular flexibility index (Phi) is 7.32. The summed E-state index contributed by atoms with van der Waals surface area (Å²) < 4.78 is 10.4. The predicted octanol–water partition coefficient (Wildman–Crippen LogP) is 3.01. The number of carbonyl (C=O) groups excluding carboxylic acids is 2. The number of esters is 2. The van der Waals surface area contributed by atoms with Gasteiger partial charge < -0.3 is 9.47 Å². The van der Waals surface area contributed by atoms with Crippen molar-refractivity contribution in [2.75, 3.05) is 0 Å². The van der Waals surface area contributed by atoms with E-state index in [4.69, 9.17) is 9.47 Å². The molecule has 0 aromatic heterocycles. The van der Waals surface area contributed by atoms with Gasteiger partial charge in [0.2, 0.25) is 0 Å². The van der Waals surface area contributed by atoms with Gasteiger partial charge in [0.15, 0.2) is 0 Å². The molecule has 4 heteroatoms. The maximum atomic E-state index is 11.5. The van der Waals surface area contributed by atoms with Crippen molar-refractivity contribution in [3.8, 4) is 0 Å². The van der Waals surface area contributed by atoms with Gasteiger partial charge in [-0.2, -0.15) is 0 Å². The summed E-state index contributed by atoms with van der Waals surface area (Å²) in [6.07, 6.45) is 3.20. The highest BCUT2D eigenvalue weighted by Gasteiger charge is 2.27. The molecule has 0 radical (unpaired) electrons. The van der Waals surface area contributed by atoms with Crippen LogP contribution < -0.4 is 0 Å². The van der Waals surface area contributed by atoms with Gasteiger partial charge in [0, 0.05) is 12.5 Å². The number of ether oxygens (including phenoxy) is 2. The van der Waals surface area contributed by atoms with Crippen LogP contribution in [0.3, 0.4) is 0 Å². The van der Waals surface area contributed by atoms with E-state index in [1.54, 1.807) is 0 Å². The summed E-state index contributed by atoms with van der Waals surface area (Å²) in [6.45, 7) is 10.9. The number of hydrogen-bond donors (Lipinski definition) is 0. The number of hydrogen-bond acceptors (Lipinski definition) is 4. The minimum absolute atomic E-state index is 0.0684. The third-order valence-electron chi connectivity index (χ3n) is 3.03. The third kappa shape index (κ3) is 6.42. The maximum Gasteiger partial charge on any atom is 0.330 e. The topological polar surface area (TPSA) is 52.6 Å². The molecule has 0 bridgehead atoms. The molecule has 0 fully saturated rings. The Labute approximate surface area is 109 Å². The summed E-state index contributed by atoms with van der Waals surface area (Å²) in [4.78, 5) is 22.7. The molecule has 104 valence electrons. The maximum absolute atomic E-state index is 11.5. The van der Waals surface area contributed by atoms with Gasteiger partial charge in [0.05, 0.1) is 6.10 Å². The summed E-state index contributed by atoms with van der Waals surface area (Å²) in [5.74, 6) is -0.715. The molecular weight excluding hydrogens is 232 g/mol. The minimum Gasteiger partial charge on any atom is -0.463 e. The van der Waals surface area contributed by atoms with Gasteiger partial charge in [-0.05, 0) is 33.1 Å². The van der Waals surface area contributed by atoms with Crippen LogP contribution in [0.15, 0.2) is 12.7 Å². The Morgan fingerprint density at radius 3 is 2.44 bits per heavy atom. The summed E-state index contributed by atoms with van der Waals surface area (Å²) >= 11 is 0. The van der Waals surface area contributed by atoms with E-state index in [2.05, 4.69) is 6.58 Å². The van der Waals surface area contributed by atoms with Crippen molar-refractivity contribution >= 4 is 11.9 Å². The Bertz CT molecular complexity index is 298. The average molecular weight is 256 g/mol. The lowest BCUT2D eigenvalue weighted by atomic mass is 9.97. The second kappa shape index (κ2) is 7.90. The predicted molar refractivity (Wildman–Crippen MR) is 70.1 cm³/mol. The molecule has 1 unspecified atom stereocenters. The van der Waals surface area contributed by atoms with Crippen molar-refractivity contribution in [3.05, 3.63) is 12.7 Å². The van der Waals surface area contributed by atoms with E-state index in [0.717, 1.165) is 12.5 Å². The van der Waals surface area contributed by atoms with E-state index in [9.17, 15) is 9.59 Å². The normalized spacial score (nSPS) is 15.3. The fourth-order valence-corrected chi connectivity index (χ4v) is 1.32. The number of rotatable bonds is 8. The zero-order valence-corrected chi connectivity index (χ0v) is 11.8. The highest BCUT2D eigenvalue weighted by molar-refractivity contribution is 5.81. The van der Waals surface area contributed by atoms with Crippen LogP contribution in [-0.4, -0.2) is 23.6 Å². The van der Waals surface area contributed by atoms with Crippen LogP contribution in [0, 0.1) is 0 Å². The van der Waals surface area contributed by atoms with Gasteiger partial charge in [0.25, 0.3) is 0 Å². The van der Waals surface area contributed by atoms with Crippen molar-refractivity contribution < 1.29 is 19.1 Å². The SMILES string of the molecule is C=CC(=O)O[C@](C)(CC)CCC(=O)OC(C)CC. The van der Waals surface area contributed by atoms with Crippen LogP contribution >= 0.6 is 0 Å². The molecule has 0 heterocycles. The van der Waals surface area contributed by atoms with Gasteiger partial charge >= 0.3 is 11.9 Å². The second-order valence-electron chi connectivity index (χ2n) is 4.64. The van der Waals surface area contributed by atoms with Crippen LogP contribution in [0.25, 0.3) is 0 Å². The molecule has 0 N–H and O–H groups in total. The molecule has 0 amide bonds. The average Bonchev–Trinajstić information content (AvgIpc) is 2.36. The summed E-state index contributed by atoms with van der Waals surface area (Å²) in [7, 11) is 0. The molecule has 0 aliphatic carbocycles. The first-order valence-electron chi connectivity index (χ1n) is 6.41. The van der Waals surface area contributed by atoms with Crippen LogP contribution in [0.2, 0.25) is 0 Å². The molecule has 0 aromatic rings. The lowest BCUT2D eigenvalue weighted by Crippen LogP contribution is -2.31. The van der Waals surface area contributed by atoms with E-state index >= 15 is 0 Å². The molecule has 4 nitrogen and oxygen atoms in total. The zero-order valence-electron chi connectivity index (χ0n) is 11.8. The molecule has 0 aliphatic heterocycles. The van der Waals surface area contributed by atoms with Gasteiger partial charge in [-0.15, -0.1) is 0 Å². The summed E-state index contributed by atoms with van der Waals surface area (Å²) in [5.41, 5.74) is -0.639. The van der Waals surface area contributed by atoms with Crippen molar-refractivity contribution in [1.82, 2.24) is 0 Å². The summed E-state index contributed by atoms with van der Waals surface area (Å²) in [5, 5.41) is 0. The van der Waals surface area contributed by atoms with Crippen LogP contribution in [0.4, 0.5) is 0 Å². The molecule has 0 saturated carbocycles. The smallest absolute Gasteiger partial charge is 0.330 e. The largest absolute Gasteiger partial charge is 0.463 e. The third-order valence-corrected chi connectivity index (χ3v) is 3.03. The van der Waals surface area contributed by atoms with E-state index in [0.29, 0.717) is 12.8 Å². The molecular formula is C14H24O4. The standard InChI is InChI=1S/C14H24O4/c1-6-11(4)17-13(16)9-10-14(5,8-3)18-12(15)7-2/h7,11H,2,6,8-10H2,1,3-5H3/t11?,14-/m1/s1. The van der Waals surface area contributed by atoms with Crippen molar-refractivity contribution in [3.63, 3.8) is 0 Å². The second-order valence-corrected chi connectivity index (χ2v) is 4.64. The van der Waals surface area contributed by atoms with Crippen LogP contribution in [0.5, 0.6) is 0 Å². The molecule has 2 atom stereocenters. The minimum atomic E-state index is -0.639. The van der Waals surface area contributed by atoms with Crippen molar-refractivity contribution in [1.29, 1.82) is 0 Å². The first-order chi connectivity index (χ1) is 8.36. The highest BCUT2D eigenvalue weighted by Crippen LogP contribution is 2.22. The van der Waals surface area contributed by atoms with E-state index < -0.39 is 11.6 Å².